The van der Waals surface area contributed by atoms with E-state index < -0.39 is 0 Å². The Hall–Kier alpha value is -1.90. The summed E-state index contributed by atoms with van der Waals surface area (Å²) in [6.07, 6.45) is 1.09. The molecule has 1 aromatic heterocycles. The molecular weight excluding hydrogens is 234 g/mol. The normalized spacial score (nSPS) is 10.5. The first-order chi connectivity index (χ1) is 9.11. The number of anilines is 1. The van der Waals surface area contributed by atoms with Crippen molar-refractivity contribution in [2.75, 3.05) is 11.9 Å². The molecule has 19 heavy (non-hydrogen) atoms. The van der Waals surface area contributed by atoms with Crippen molar-refractivity contribution in [3.8, 4) is 11.4 Å². The molecule has 2 aromatic rings. The largest absolute Gasteiger partial charge is 0.370 e. The van der Waals surface area contributed by atoms with Crippen molar-refractivity contribution in [1.29, 1.82) is 0 Å². The second-order valence-electron chi connectivity index (χ2n) is 4.90. The lowest BCUT2D eigenvalue weighted by Gasteiger charge is -2.12. The highest BCUT2D eigenvalue weighted by Gasteiger charge is 2.09. The predicted octanol–water partition coefficient (Wildman–Crippen LogP) is 3.89. The van der Waals surface area contributed by atoms with Crippen molar-refractivity contribution >= 4 is 5.82 Å². The van der Waals surface area contributed by atoms with Crippen molar-refractivity contribution in [2.24, 2.45) is 0 Å². The van der Waals surface area contributed by atoms with Gasteiger partial charge in [-0.2, -0.15) is 0 Å². The maximum absolute atomic E-state index is 4.66. The van der Waals surface area contributed by atoms with Crippen molar-refractivity contribution in [3.05, 3.63) is 41.1 Å². The monoisotopic (exact) mass is 255 g/mol. The second-order valence-corrected chi connectivity index (χ2v) is 4.90. The molecule has 0 unspecified atom stereocenters. The molecule has 0 amide bonds. The molecule has 0 saturated heterocycles. The lowest BCUT2D eigenvalue weighted by Crippen LogP contribution is -2.07. The van der Waals surface area contributed by atoms with Crippen LogP contribution in [0.1, 0.15) is 30.2 Å². The van der Waals surface area contributed by atoms with Crippen LogP contribution >= 0.6 is 0 Å². The Morgan fingerprint density at radius 1 is 1.11 bits per heavy atom. The fraction of sp³-hybridized carbons (Fsp3) is 0.375. The number of aromatic nitrogens is 2. The Morgan fingerprint density at radius 3 is 2.58 bits per heavy atom. The zero-order valence-electron chi connectivity index (χ0n) is 12.1. The molecule has 2 rings (SSSR count). The topological polar surface area (TPSA) is 37.8 Å². The van der Waals surface area contributed by atoms with Crippen LogP contribution in [0.3, 0.4) is 0 Å². The molecule has 0 saturated carbocycles. The lowest BCUT2D eigenvalue weighted by atomic mass is 10.1. The molecule has 0 aliphatic rings. The van der Waals surface area contributed by atoms with Gasteiger partial charge in [0.15, 0.2) is 5.82 Å². The fourth-order valence-corrected chi connectivity index (χ4v) is 1.96. The number of nitrogens with zero attached hydrogens (tertiary/aromatic N) is 2. The van der Waals surface area contributed by atoms with Crippen LogP contribution in [0.5, 0.6) is 0 Å². The van der Waals surface area contributed by atoms with E-state index in [9.17, 15) is 0 Å². The minimum atomic E-state index is 0.797. The minimum absolute atomic E-state index is 0.797. The highest BCUT2D eigenvalue weighted by atomic mass is 15.0. The molecule has 1 N–H and O–H groups in total. The molecule has 0 aliphatic heterocycles. The van der Waals surface area contributed by atoms with Gasteiger partial charge in [-0.25, -0.2) is 9.97 Å². The maximum atomic E-state index is 4.66. The summed E-state index contributed by atoms with van der Waals surface area (Å²) in [5.41, 5.74) is 4.46. The Kier molecular flexibility index (Phi) is 4.15. The average molecular weight is 255 g/mol. The van der Waals surface area contributed by atoms with E-state index in [0.29, 0.717) is 0 Å². The molecule has 0 spiro atoms. The van der Waals surface area contributed by atoms with Crippen LogP contribution < -0.4 is 5.32 Å². The first-order valence-corrected chi connectivity index (χ1v) is 6.78. The van der Waals surface area contributed by atoms with E-state index in [1.54, 1.807) is 0 Å². The smallest absolute Gasteiger partial charge is 0.161 e. The lowest BCUT2D eigenvalue weighted by molar-refractivity contribution is 0.954. The number of hydrogen-bond acceptors (Lipinski definition) is 3. The zero-order valence-corrected chi connectivity index (χ0v) is 12.1. The van der Waals surface area contributed by atoms with E-state index in [2.05, 4.69) is 54.3 Å². The summed E-state index contributed by atoms with van der Waals surface area (Å²) in [5.74, 6) is 1.75. The number of nitrogens with one attached hydrogen (secondary N) is 1. The Labute approximate surface area is 115 Å². The zero-order chi connectivity index (χ0) is 13.8. The van der Waals surface area contributed by atoms with Crippen LogP contribution in [-0.2, 0) is 0 Å². The van der Waals surface area contributed by atoms with Crippen LogP contribution in [-0.4, -0.2) is 16.5 Å². The van der Waals surface area contributed by atoms with E-state index >= 15 is 0 Å². The number of hydrogen-bond donors (Lipinski definition) is 1. The Balaban J connectivity index is 2.44. The summed E-state index contributed by atoms with van der Waals surface area (Å²) < 4.78 is 0. The van der Waals surface area contributed by atoms with Gasteiger partial charge in [0.2, 0.25) is 0 Å². The molecular formula is C16H21N3. The third-order valence-corrected chi connectivity index (χ3v) is 3.21. The van der Waals surface area contributed by atoms with Gasteiger partial charge in [-0.1, -0.05) is 30.7 Å². The van der Waals surface area contributed by atoms with E-state index in [4.69, 9.17) is 0 Å². The molecule has 1 aromatic carbocycles. The molecule has 1 heterocycles. The molecule has 3 heteroatoms. The maximum Gasteiger partial charge on any atom is 0.161 e. The highest BCUT2D eigenvalue weighted by molar-refractivity contribution is 5.60. The van der Waals surface area contributed by atoms with Crippen LogP contribution in [0.2, 0.25) is 0 Å². The van der Waals surface area contributed by atoms with Gasteiger partial charge >= 0.3 is 0 Å². The van der Waals surface area contributed by atoms with E-state index in [1.165, 1.54) is 5.56 Å². The molecule has 0 radical (unpaired) electrons. The highest BCUT2D eigenvalue weighted by Crippen LogP contribution is 2.22. The second kappa shape index (κ2) is 5.83. The molecule has 0 bridgehead atoms. The summed E-state index contributed by atoms with van der Waals surface area (Å²) in [5, 5.41) is 3.38. The Bertz CT molecular complexity index is 576. The Morgan fingerprint density at radius 2 is 1.89 bits per heavy atom. The SMILES string of the molecule is CCCNc1nc(-c2cccc(C)c2)nc(C)c1C. The minimum Gasteiger partial charge on any atom is -0.370 e. The third kappa shape index (κ3) is 3.11. The number of aryl methyl sites for hydroxylation is 2. The van der Waals surface area contributed by atoms with Gasteiger partial charge in [0.1, 0.15) is 5.82 Å². The van der Waals surface area contributed by atoms with Gasteiger partial charge in [-0.15, -0.1) is 0 Å². The molecule has 0 atom stereocenters. The average Bonchev–Trinajstić information content (AvgIpc) is 2.40. The van der Waals surface area contributed by atoms with E-state index in [1.807, 2.05) is 13.0 Å². The first-order valence-electron chi connectivity index (χ1n) is 6.78. The molecule has 0 aliphatic carbocycles. The van der Waals surface area contributed by atoms with Gasteiger partial charge < -0.3 is 5.32 Å². The number of benzene rings is 1. The van der Waals surface area contributed by atoms with E-state index in [0.717, 1.165) is 41.4 Å². The quantitative estimate of drug-likeness (QED) is 0.900. The van der Waals surface area contributed by atoms with Gasteiger partial charge in [0.05, 0.1) is 0 Å². The summed E-state index contributed by atoms with van der Waals surface area (Å²) in [4.78, 5) is 9.26. The van der Waals surface area contributed by atoms with Crippen molar-refractivity contribution in [3.63, 3.8) is 0 Å². The van der Waals surface area contributed by atoms with E-state index in [-0.39, 0.29) is 0 Å². The van der Waals surface area contributed by atoms with Crippen molar-refractivity contribution in [2.45, 2.75) is 34.1 Å². The first kappa shape index (κ1) is 13.5. The van der Waals surface area contributed by atoms with Gasteiger partial charge in [-0.3, -0.25) is 0 Å². The van der Waals surface area contributed by atoms with Crippen molar-refractivity contribution < 1.29 is 0 Å². The van der Waals surface area contributed by atoms with Gasteiger partial charge in [0, 0.05) is 23.4 Å². The number of rotatable bonds is 4. The summed E-state index contributed by atoms with van der Waals surface area (Å²) in [6, 6.07) is 8.30. The van der Waals surface area contributed by atoms with Gasteiger partial charge in [0.25, 0.3) is 0 Å². The van der Waals surface area contributed by atoms with Crippen molar-refractivity contribution in [1.82, 2.24) is 9.97 Å². The molecule has 0 fully saturated rings. The van der Waals surface area contributed by atoms with Crippen LogP contribution in [0.15, 0.2) is 24.3 Å². The van der Waals surface area contributed by atoms with Crippen LogP contribution in [0.25, 0.3) is 11.4 Å². The molecule has 3 nitrogen and oxygen atoms in total. The fourth-order valence-electron chi connectivity index (χ4n) is 1.96. The van der Waals surface area contributed by atoms with Gasteiger partial charge in [-0.05, 0) is 33.3 Å². The summed E-state index contributed by atoms with van der Waals surface area (Å²) in [6.45, 7) is 9.27. The van der Waals surface area contributed by atoms with Crippen LogP contribution in [0, 0.1) is 20.8 Å². The summed E-state index contributed by atoms with van der Waals surface area (Å²) in [7, 11) is 0. The predicted molar refractivity (Wildman–Crippen MR) is 80.5 cm³/mol. The van der Waals surface area contributed by atoms with Crippen LogP contribution in [0.4, 0.5) is 5.82 Å². The summed E-state index contributed by atoms with van der Waals surface area (Å²) >= 11 is 0. The standard InChI is InChI=1S/C16H21N3/c1-5-9-17-15-12(3)13(4)18-16(19-15)14-8-6-7-11(2)10-14/h6-8,10H,5,9H2,1-4H3,(H,17,18,19). The third-order valence-electron chi connectivity index (χ3n) is 3.21. The molecule has 100 valence electrons.